The van der Waals surface area contributed by atoms with Gasteiger partial charge in [-0.15, -0.1) is 0 Å². The number of likely N-dealkylation sites (N-methyl/N-ethyl adjacent to an activating group) is 1. The van der Waals surface area contributed by atoms with Gasteiger partial charge in [0.25, 0.3) is 0 Å². The van der Waals surface area contributed by atoms with Crippen LogP contribution in [0, 0.1) is 0 Å². The molecule has 0 aromatic carbocycles. The summed E-state index contributed by atoms with van der Waals surface area (Å²) < 4.78 is 23.0. The van der Waals surface area contributed by atoms with Crippen LogP contribution in [-0.2, 0) is 10.0 Å². The van der Waals surface area contributed by atoms with E-state index in [1.807, 2.05) is 0 Å². The first-order chi connectivity index (χ1) is 9.52. The fourth-order valence-electron chi connectivity index (χ4n) is 2.67. The molecule has 1 aliphatic heterocycles. The summed E-state index contributed by atoms with van der Waals surface area (Å²) >= 11 is 0. The fraction of sp³-hybridized carbons (Fsp3) is 0.615. The van der Waals surface area contributed by atoms with Gasteiger partial charge in [-0.2, -0.15) is 0 Å². The van der Waals surface area contributed by atoms with E-state index in [-0.39, 0.29) is 4.90 Å². The van der Waals surface area contributed by atoms with Gasteiger partial charge in [0, 0.05) is 18.8 Å². The van der Waals surface area contributed by atoms with Gasteiger partial charge in [-0.05, 0) is 38.1 Å². The number of nitrogens with two attached hydrogens (primary N) is 1. The molecule has 6 nitrogen and oxygen atoms in total. The van der Waals surface area contributed by atoms with Gasteiger partial charge in [0.05, 0.1) is 0 Å². The van der Waals surface area contributed by atoms with E-state index in [1.165, 1.54) is 18.9 Å². The Morgan fingerprint density at radius 1 is 1.50 bits per heavy atom. The zero-order chi connectivity index (χ0) is 14.6. The monoisotopic (exact) mass is 298 g/mol. The molecule has 2 rings (SSSR count). The second-order valence-electron chi connectivity index (χ2n) is 5.05. The van der Waals surface area contributed by atoms with Crippen LogP contribution in [0.15, 0.2) is 23.2 Å². The van der Waals surface area contributed by atoms with Crippen molar-refractivity contribution >= 4 is 15.8 Å². The highest BCUT2D eigenvalue weighted by Gasteiger charge is 2.22. The van der Waals surface area contributed by atoms with Gasteiger partial charge in [-0.3, -0.25) is 4.90 Å². The van der Waals surface area contributed by atoms with Crippen molar-refractivity contribution in [1.29, 1.82) is 0 Å². The van der Waals surface area contributed by atoms with Gasteiger partial charge >= 0.3 is 0 Å². The molecule has 0 aliphatic carbocycles. The number of hydrogen-bond acceptors (Lipinski definition) is 5. The lowest BCUT2D eigenvalue weighted by Crippen LogP contribution is -2.43. The third-order valence-electron chi connectivity index (χ3n) is 3.74. The molecule has 1 fully saturated rings. The normalized spacial score (nSPS) is 20.8. The molecule has 2 heterocycles. The van der Waals surface area contributed by atoms with Gasteiger partial charge in [-0.1, -0.05) is 13.3 Å². The summed E-state index contributed by atoms with van der Waals surface area (Å²) in [4.78, 5) is 6.56. The maximum atomic E-state index is 11.5. The van der Waals surface area contributed by atoms with Crippen LogP contribution in [-0.4, -0.2) is 44.0 Å². The molecular formula is C13H22N4O2S. The number of piperidine rings is 1. The molecule has 20 heavy (non-hydrogen) atoms. The van der Waals surface area contributed by atoms with Crippen molar-refractivity contribution in [1.82, 2.24) is 9.88 Å². The highest BCUT2D eigenvalue weighted by molar-refractivity contribution is 7.89. The third kappa shape index (κ3) is 3.68. The van der Waals surface area contributed by atoms with Gasteiger partial charge in [0.2, 0.25) is 10.0 Å². The van der Waals surface area contributed by atoms with Crippen LogP contribution in [0.25, 0.3) is 0 Å². The standard InChI is InChI=1S/C13H22N4O2S/c1-2-17-9-4-3-6-11(17)10-16-13-12(20(14,18)19)7-5-8-15-13/h5,7-8,11H,2-4,6,9-10H2,1H3,(H,15,16)(H2,14,18,19)/t11-/m1/s1. The Bertz CT molecular complexity index is 547. The molecule has 0 bridgehead atoms. The minimum atomic E-state index is -3.74. The molecule has 7 heteroatoms. The van der Waals surface area contributed by atoms with E-state index in [2.05, 4.69) is 22.1 Å². The van der Waals surface area contributed by atoms with Gasteiger partial charge < -0.3 is 5.32 Å². The van der Waals surface area contributed by atoms with Crippen LogP contribution in [0.2, 0.25) is 0 Å². The van der Waals surface area contributed by atoms with E-state index >= 15 is 0 Å². The van der Waals surface area contributed by atoms with Crippen LogP contribution in [0.5, 0.6) is 0 Å². The zero-order valence-corrected chi connectivity index (χ0v) is 12.6. The predicted molar refractivity (Wildman–Crippen MR) is 79.0 cm³/mol. The lowest BCUT2D eigenvalue weighted by Gasteiger charge is -2.35. The minimum Gasteiger partial charge on any atom is -0.367 e. The van der Waals surface area contributed by atoms with Gasteiger partial charge in [0.1, 0.15) is 10.7 Å². The zero-order valence-electron chi connectivity index (χ0n) is 11.7. The Morgan fingerprint density at radius 2 is 2.30 bits per heavy atom. The summed E-state index contributed by atoms with van der Waals surface area (Å²) in [5, 5.41) is 8.34. The molecule has 0 radical (unpaired) electrons. The number of anilines is 1. The topological polar surface area (TPSA) is 88.3 Å². The second kappa shape index (κ2) is 6.51. The Morgan fingerprint density at radius 3 is 3.00 bits per heavy atom. The highest BCUT2D eigenvalue weighted by atomic mass is 32.2. The Hall–Kier alpha value is -1.18. The van der Waals surface area contributed by atoms with E-state index in [4.69, 9.17) is 5.14 Å². The minimum absolute atomic E-state index is 0.0545. The lowest BCUT2D eigenvalue weighted by atomic mass is 10.0. The van der Waals surface area contributed by atoms with E-state index in [0.29, 0.717) is 18.4 Å². The summed E-state index contributed by atoms with van der Waals surface area (Å²) in [6, 6.07) is 3.47. The molecule has 1 aromatic heterocycles. The molecule has 1 saturated heterocycles. The summed E-state index contributed by atoms with van der Waals surface area (Å²) in [6.07, 6.45) is 5.14. The quantitative estimate of drug-likeness (QED) is 0.847. The number of pyridine rings is 1. The van der Waals surface area contributed by atoms with E-state index < -0.39 is 10.0 Å². The number of nitrogens with one attached hydrogen (secondary N) is 1. The van der Waals surface area contributed by atoms with Crippen molar-refractivity contribution in [3.05, 3.63) is 18.3 Å². The molecule has 1 aliphatic rings. The van der Waals surface area contributed by atoms with Gasteiger partial charge in [0.15, 0.2) is 0 Å². The second-order valence-corrected chi connectivity index (χ2v) is 6.58. The molecule has 0 amide bonds. The van der Waals surface area contributed by atoms with Crippen LogP contribution in [0.1, 0.15) is 26.2 Å². The smallest absolute Gasteiger partial charge is 0.241 e. The van der Waals surface area contributed by atoms with Crippen LogP contribution in [0.3, 0.4) is 0 Å². The first-order valence-electron chi connectivity index (χ1n) is 6.98. The maximum Gasteiger partial charge on any atom is 0.241 e. The van der Waals surface area contributed by atoms with Crippen LogP contribution in [0.4, 0.5) is 5.82 Å². The van der Waals surface area contributed by atoms with Gasteiger partial charge in [-0.25, -0.2) is 18.5 Å². The first-order valence-corrected chi connectivity index (χ1v) is 8.52. The molecule has 1 atom stereocenters. The van der Waals surface area contributed by atoms with E-state index in [9.17, 15) is 8.42 Å². The molecule has 3 N–H and O–H groups in total. The van der Waals surface area contributed by atoms with Crippen LogP contribution >= 0.6 is 0 Å². The molecule has 0 saturated carbocycles. The van der Waals surface area contributed by atoms with Crippen molar-refractivity contribution in [2.24, 2.45) is 5.14 Å². The lowest BCUT2D eigenvalue weighted by molar-refractivity contribution is 0.164. The number of hydrogen-bond donors (Lipinski definition) is 2. The number of aromatic nitrogens is 1. The number of likely N-dealkylation sites (tertiary alicyclic amines) is 1. The summed E-state index contributed by atoms with van der Waals surface area (Å²) in [6.45, 7) is 4.95. The molecular weight excluding hydrogens is 276 g/mol. The van der Waals surface area contributed by atoms with Crippen molar-refractivity contribution in [2.75, 3.05) is 25.0 Å². The number of primary sulfonamides is 1. The number of nitrogens with zero attached hydrogens (tertiary/aromatic N) is 2. The fourth-order valence-corrected chi connectivity index (χ4v) is 3.34. The molecule has 1 aromatic rings. The average molecular weight is 298 g/mol. The Labute approximate surface area is 120 Å². The average Bonchev–Trinajstić information content (AvgIpc) is 2.44. The molecule has 0 spiro atoms. The van der Waals surface area contributed by atoms with Crippen molar-refractivity contribution in [3.8, 4) is 0 Å². The van der Waals surface area contributed by atoms with Crippen molar-refractivity contribution < 1.29 is 8.42 Å². The SMILES string of the molecule is CCN1CCCC[C@@H]1CNc1ncccc1S(N)(=O)=O. The van der Waals surface area contributed by atoms with Crippen LogP contribution < -0.4 is 10.5 Å². The molecule has 112 valence electrons. The van der Waals surface area contributed by atoms with Crippen molar-refractivity contribution in [2.45, 2.75) is 37.1 Å². The Balaban J connectivity index is 2.07. The predicted octanol–water partition coefficient (Wildman–Crippen LogP) is 1.02. The van der Waals surface area contributed by atoms with E-state index in [1.54, 1.807) is 12.3 Å². The maximum absolute atomic E-state index is 11.5. The van der Waals surface area contributed by atoms with E-state index in [0.717, 1.165) is 19.5 Å². The number of rotatable bonds is 5. The number of sulfonamides is 1. The summed E-state index contributed by atoms with van der Waals surface area (Å²) in [7, 11) is -3.74. The summed E-state index contributed by atoms with van der Waals surface area (Å²) in [5.74, 6) is 0.344. The highest BCUT2D eigenvalue weighted by Crippen LogP contribution is 2.20. The van der Waals surface area contributed by atoms with Crippen molar-refractivity contribution in [3.63, 3.8) is 0 Å². The Kier molecular flexibility index (Phi) is 4.95. The first kappa shape index (κ1) is 15.2. The third-order valence-corrected chi connectivity index (χ3v) is 4.68. The largest absolute Gasteiger partial charge is 0.367 e. The molecule has 0 unspecified atom stereocenters. The summed E-state index contributed by atoms with van der Waals surface area (Å²) in [5.41, 5.74) is 0.